The fraction of sp³-hybridized carbons (Fsp3) is 0.143. The van der Waals surface area contributed by atoms with Gasteiger partial charge in [-0.1, -0.05) is 0 Å². The third kappa shape index (κ3) is 3.35. The number of halogens is 4. The van der Waals surface area contributed by atoms with Crippen molar-refractivity contribution >= 4 is 10.3 Å². The third-order valence-electron chi connectivity index (χ3n) is 1.45. The maximum Gasteiger partial charge on any atom is 0.420 e. The normalized spacial score (nSPS) is 12.6. The second-order valence-corrected chi connectivity index (χ2v) is 3.87. The zero-order chi connectivity index (χ0) is 12.6. The first-order chi connectivity index (χ1) is 7.09. The molecular formula is C7H5F4NO3S. The number of rotatable bonds is 2. The fourth-order valence-corrected chi connectivity index (χ4v) is 1.31. The Bertz CT molecular complexity index is 497. The molecule has 9 heteroatoms. The Morgan fingerprint density at radius 2 is 1.81 bits per heavy atom. The van der Waals surface area contributed by atoms with Crippen LogP contribution in [0.3, 0.4) is 0 Å². The number of alkyl halides is 3. The monoisotopic (exact) mass is 259 g/mol. The van der Waals surface area contributed by atoms with Crippen LogP contribution in [0.25, 0.3) is 0 Å². The molecule has 0 amide bonds. The van der Waals surface area contributed by atoms with Gasteiger partial charge in [0.25, 0.3) is 0 Å². The first-order valence-electron chi connectivity index (χ1n) is 3.68. The summed E-state index contributed by atoms with van der Waals surface area (Å²) in [6, 6.07) is 1.17. The van der Waals surface area contributed by atoms with Gasteiger partial charge in [-0.15, -0.1) is 0 Å². The molecule has 0 heterocycles. The number of hydrogen-bond donors (Lipinski definition) is 1. The van der Waals surface area contributed by atoms with Crippen LogP contribution >= 0.6 is 0 Å². The van der Waals surface area contributed by atoms with Crippen LogP contribution in [0.2, 0.25) is 0 Å². The SMILES string of the molecule is NS(=O)(=O)Oc1cc(F)ccc1C(F)(F)F. The van der Waals surface area contributed by atoms with Crippen LogP contribution < -0.4 is 9.32 Å². The molecule has 2 N–H and O–H groups in total. The second-order valence-electron chi connectivity index (χ2n) is 2.71. The summed E-state index contributed by atoms with van der Waals surface area (Å²) in [5.41, 5.74) is -1.43. The average molecular weight is 259 g/mol. The molecule has 1 aromatic carbocycles. The smallest absolute Gasteiger partial charge is 0.370 e. The molecule has 0 saturated carbocycles. The molecular weight excluding hydrogens is 254 g/mol. The zero-order valence-corrected chi connectivity index (χ0v) is 8.27. The summed E-state index contributed by atoms with van der Waals surface area (Å²) in [6.45, 7) is 0. The maximum absolute atomic E-state index is 12.6. The summed E-state index contributed by atoms with van der Waals surface area (Å²) >= 11 is 0. The van der Waals surface area contributed by atoms with E-state index in [2.05, 4.69) is 9.32 Å². The molecule has 0 aromatic heterocycles. The summed E-state index contributed by atoms with van der Waals surface area (Å²) in [5.74, 6) is -2.28. The van der Waals surface area contributed by atoms with E-state index in [1.54, 1.807) is 0 Å². The molecule has 0 atom stereocenters. The average Bonchev–Trinajstić information content (AvgIpc) is 1.97. The van der Waals surface area contributed by atoms with E-state index in [0.717, 1.165) is 0 Å². The van der Waals surface area contributed by atoms with E-state index in [9.17, 15) is 26.0 Å². The zero-order valence-electron chi connectivity index (χ0n) is 7.45. The van der Waals surface area contributed by atoms with Crippen LogP contribution in [0, 0.1) is 5.82 Å². The van der Waals surface area contributed by atoms with E-state index in [1.165, 1.54) is 0 Å². The highest BCUT2D eigenvalue weighted by Gasteiger charge is 2.35. The molecule has 0 saturated heterocycles. The van der Waals surface area contributed by atoms with Crippen molar-refractivity contribution < 1.29 is 30.2 Å². The van der Waals surface area contributed by atoms with Gasteiger partial charge in [0.2, 0.25) is 0 Å². The van der Waals surface area contributed by atoms with Gasteiger partial charge >= 0.3 is 16.5 Å². The second kappa shape index (κ2) is 3.91. The molecule has 0 bridgehead atoms. The fourth-order valence-electron chi connectivity index (χ4n) is 0.924. The predicted molar refractivity (Wildman–Crippen MR) is 45.1 cm³/mol. The topological polar surface area (TPSA) is 69.4 Å². The lowest BCUT2D eigenvalue weighted by Crippen LogP contribution is -2.21. The lowest BCUT2D eigenvalue weighted by atomic mass is 10.2. The van der Waals surface area contributed by atoms with Gasteiger partial charge in [0.1, 0.15) is 5.82 Å². The Hall–Kier alpha value is -1.35. The van der Waals surface area contributed by atoms with Gasteiger partial charge in [-0.05, 0) is 12.1 Å². The van der Waals surface area contributed by atoms with Gasteiger partial charge in [0, 0.05) is 6.07 Å². The van der Waals surface area contributed by atoms with Crippen LogP contribution in [0.5, 0.6) is 5.75 Å². The van der Waals surface area contributed by atoms with Crippen molar-refractivity contribution in [1.29, 1.82) is 0 Å². The Morgan fingerprint density at radius 1 is 1.25 bits per heavy atom. The van der Waals surface area contributed by atoms with E-state index >= 15 is 0 Å². The van der Waals surface area contributed by atoms with Crippen molar-refractivity contribution in [2.24, 2.45) is 5.14 Å². The number of hydrogen-bond acceptors (Lipinski definition) is 3. The molecule has 0 unspecified atom stereocenters. The van der Waals surface area contributed by atoms with Gasteiger partial charge in [-0.25, -0.2) is 4.39 Å². The maximum atomic E-state index is 12.6. The molecule has 4 nitrogen and oxygen atoms in total. The molecule has 1 rings (SSSR count). The van der Waals surface area contributed by atoms with E-state index < -0.39 is 33.6 Å². The minimum Gasteiger partial charge on any atom is -0.370 e. The summed E-state index contributed by atoms with van der Waals surface area (Å²) in [4.78, 5) is 0. The third-order valence-corrected chi connectivity index (χ3v) is 1.87. The largest absolute Gasteiger partial charge is 0.420 e. The quantitative estimate of drug-likeness (QED) is 0.817. The first-order valence-corrected chi connectivity index (χ1v) is 5.16. The summed E-state index contributed by atoms with van der Waals surface area (Å²) in [5, 5.41) is 4.39. The molecule has 0 spiro atoms. The van der Waals surface area contributed by atoms with Crippen LogP contribution in [-0.4, -0.2) is 8.42 Å². The van der Waals surface area contributed by atoms with Crippen molar-refractivity contribution in [2.45, 2.75) is 6.18 Å². The lowest BCUT2D eigenvalue weighted by molar-refractivity contribution is -0.138. The van der Waals surface area contributed by atoms with Crippen molar-refractivity contribution in [3.63, 3.8) is 0 Å². The predicted octanol–water partition coefficient (Wildman–Crippen LogP) is 1.43. The van der Waals surface area contributed by atoms with Crippen LogP contribution in [0.15, 0.2) is 18.2 Å². The molecule has 16 heavy (non-hydrogen) atoms. The summed E-state index contributed by atoms with van der Waals surface area (Å²) in [7, 11) is -4.64. The molecule has 0 radical (unpaired) electrons. The summed E-state index contributed by atoms with van der Waals surface area (Å²) in [6.07, 6.45) is -4.87. The first kappa shape index (κ1) is 12.7. The van der Waals surface area contributed by atoms with E-state index in [-0.39, 0.29) is 6.07 Å². The van der Waals surface area contributed by atoms with Crippen LogP contribution in [0.4, 0.5) is 17.6 Å². The molecule has 0 aliphatic heterocycles. The van der Waals surface area contributed by atoms with Crippen molar-refractivity contribution in [1.82, 2.24) is 0 Å². The highest BCUT2D eigenvalue weighted by molar-refractivity contribution is 7.84. The molecule has 90 valence electrons. The molecule has 1 aromatic rings. The van der Waals surface area contributed by atoms with Gasteiger partial charge in [0.15, 0.2) is 5.75 Å². The molecule has 0 aliphatic carbocycles. The van der Waals surface area contributed by atoms with Crippen molar-refractivity contribution in [2.75, 3.05) is 0 Å². The highest BCUT2D eigenvalue weighted by Crippen LogP contribution is 2.36. The Balaban J connectivity index is 3.30. The molecule has 0 aliphatic rings. The van der Waals surface area contributed by atoms with Crippen molar-refractivity contribution in [3.8, 4) is 5.75 Å². The highest BCUT2D eigenvalue weighted by atomic mass is 32.2. The Labute approximate surface area is 87.9 Å². The standard InChI is InChI=1S/C7H5F4NO3S/c8-4-1-2-5(7(9,10)11)6(3-4)15-16(12,13)14/h1-3H,(H2,12,13,14). The Morgan fingerprint density at radius 3 is 2.25 bits per heavy atom. The number of benzene rings is 1. The molecule has 0 fully saturated rings. The number of nitrogens with two attached hydrogens (primary N) is 1. The Kier molecular flexibility index (Phi) is 3.10. The van der Waals surface area contributed by atoms with Gasteiger partial charge < -0.3 is 4.18 Å². The van der Waals surface area contributed by atoms with Crippen molar-refractivity contribution in [3.05, 3.63) is 29.6 Å². The minimum atomic E-state index is -4.87. The van der Waals surface area contributed by atoms with Crippen LogP contribution in [-0.2, 0) is 16.5 Å². The van der Waals surface area contributed by atoms with Gasteiger partial charge in [-0.3, -0.25) is 0 Å². The van der Waals surface area contributed by atoms with Gasteiger partial charge in [0.05, 0.1) is 5.56 Å². The minimum absolute atomic E-state index is 0.285. The summed E-state index contributed by atoms with van der Waals surface area (Å²) < 4.78 is 74.3. The van der Waals surface area contributed by atoms with E-state index in [1.807, 2.05) is 0 Å². The van der Waals surface area contributed by atoms with E-state index in [4.69, 9.17) is 0 Å². The van der Waals surface area contributed by atoms with Crippen LogP contribution in [0.1, 0.15) is 5.56 Å². The van der Waals surface area contributed by atoms with E-state index in [0.29, 0.717) is 12.1 Å². The lowest BCUT2D eigenvalue weighted by Gasteiger charge is -2.11. The van der Waals surface area contributed by atoms with Gasteiger partial charge in [-0.2, -0.15) is 26.7 Å².